The van der Waals surface area contributed by atoms with Crippen LogP contribution >= 0.6 is 23.1 Å². The molecule has 1 atom stereocenters. The smallest absolute Gasteiger partial charge is 0.424 e. The lowest BCUT2D eigenvalue weighted by Crippen LogP contribution is -2.53. The van der Waals surface area contributed by atoms with Crippen molar-refractivity contribution in [3.63, 3.8) is 0 Å². The van der Waals surface area contributed by atoms with E-state index in [0.717, 1.165) is 16.7 Å². The van der Waals surface area contributed by atoms with Crippen molar-refractivity contribution in [1.82, 2.24) is 10.0 Å². The third-order valence-electron chi connectivity index (χ3n) is 5.21. The molecule has 7 nitrogen and oxygen atoms in total. The number of aliphatic hydroxyl groups excluding tert-OH is 1. The summed E-state index contributed by atoms with van der Waals surface area (Å²) in [4.78, 5) is 24.0. The molecule has 184 valence electrons. The van der Waals surface area contributed by atoms with Crippen LogP contribution in [0.3, 0.4) is 0 Å². The number of allylic oxidation sites excluding steroid dienone is 2. The lowest BCUT2D eigenvalue weighted by Gasteiger charge is -2.38. The molecular formula is C26H28N2O5S2. The van der Waals surface area contributed by atoms with Gasteiger partial charge in [-0.3, -0.25) is 0 Å². The Bertz CT molecular complexity index is 1100. The number of carbonyl (C=O) groups excluding carboxylic acids is 1. The number of carboxylic acid groups (broad SMARTS) is 1. The lowest BCUT2D eigenvalue weighted by atomic mass is 10.0. The van der Waals surface area contributed by atoms with Gasteiger partial charge in [0.2, 0.25) is 0 Å². The Hall–Kier alpha value is -3.03. The molecule has 1 aromatic carbocycles. The monoisotopic (exact) mass is 512 g/mol. The van der Waals surface area contributed by atoms with Crippen molar-refractivity contribution in [3.05, 3.63) is 81.4 Å². The maximum Gasteiger partial charge on any atom is 0.424 e. The molecule has 1 unspecified atom stereocenters. The van der Waals surface area contributed by atoms with Gasteiger partial charge in [0.1, 0.15) is 6.61 Å². The zero-order chi connectivity index (χ0) is 25.0. The second-order valence-corrected chi connectivity index (χ2v) is 9.64. The van der Waals surface area contributed by atoms with Crippen LogP contribution < -0.4 is 0 Å². The summed E-state index contributed by atoms with van der Waals surface area (Å²) >= 11 is 2.31. The summed E-state index contributed by atoms with van der Waals surface area (Å²) in [7, 11) is 0. The minimum atomic E-state index is -1.01. The average molecular weight is 513 g/mol. The summed E-state index contributed by atoms with van der Waals surface area (Å²) in [5.74, 6) is 6.29. The van der Waals surface area contributed by atoms with Crippen molar-refractivity contribution in [1.29, 1.82) is 0 Å². The maximum absolute atomic E-state index is 12.3. The van der Waals surface area contributed by atoms with E-state index in [4.69, 9.17) is 9.84 Å². The van der Waals surface area contributed by atoms with Crippen molar-refractivity contribution >= 4 is 34.5 Å². The van der Waals surface area contributed by atoms with E-state index in [-0.39, 0.29) is 13.2 Å². The molecule has 1 fully saturated rings. The fraction of sp³-hybridized carbons (Fsp3) is 0.308. The molecular weight excluding hydrogens is 484 g/mol. The number of hydrogen-bond acceptors (Lipinski definition) is 7. The highest BCUT2D eigenvalue weighted by atomic mass is 32.2. The summed E-state index contributed by atoms with van der Waals surface area (Å²) in [6.07, 6.45) is 3.39. The van der Waals surface area contributed by atoms with Crippen molar-refractivity contribution in [2.24, 2.45) is 0 Å². The Morgan fingerprint density at radius 2 is 2.11 bits per heavy atom. The SMILES string of the molecule is C=C/C=C(/CCN1C(=O)OCCN1CCC(O)Cc1cccc(C#Cc2ccsc2)c1)SC(=O)O. The molecule has 1 aromatic heterocycles. The summed E-state index contributed by atoms with van der Waals surface area (Å²) in [5.41, 5.74) is 2.88. The number of nitrogens with zero attached hydrogens (tertiary/aromatic N) is 2. The van der Waals surface area contributed by atoms with Gasteiger partial charge in [-0.2, -0.15) is 11.3 Å². The first-order valence-corrected chi connectivity index (χ1v) is 12.9. The van der Waals surface area contributed by atoms with E-state index in [1.54, 1.807) is 17.4 Å². The van der Waals surface area contributed by atoms with Crippen LogP contribution in [0, 0.1) is 11.8 Å². The molecule has 3 rings (SSSR count). The molecule has 0 spiro atoms. The van der Waals surface area contributed by atoms with E-state index in [1.165, 1.54) is 11.1 Å². The van der Waals surface area contributed by atoms with E-state index >= 15 is 0 Å². The Kier molecular flexibility index (Phi) is 10.4. The van der Waals surface area contributed by atoms with Crippen LogP contribution in [0.2, 0.25) is 0 Å². The Morgan fingerprint density at radius 1 is 1.29 bits per heavy atom. The van der Waals surface area contributed by atoms with Crippen molar-refractivity contribution in [3.8, 4) is 11.8 Å². The van der Waals surface area contributed by atoms with Gasteiger partial charge >= 0.3 is 11.4 Å². The van der Waals surface area contributed by atoms with Gasteiger partial charge in [0.25, 0.3) is 0 Å². The van der Waals surface area contributed by atoms with Crippen LogP contribution in [0.5, 0.6) is 0 Å². The van der Waals surface area contributed by atoms with Gasteiger partial charge in [-0.25, -0.2) is 19.6 Å². The quantitative estimate of drug-likeness (QED) is 0.343. The molecule has 1 amide bonds. The fourth-order valence-corrected chi connectivity index (χ4v) is 4.74. The Labute approximate surface area is 213 Å². The molecule has 0 bridgehead atoms. The summed E-state index contributed by atoms with van der Waals surface area (Å²) in [6, 6.07) is 9.82. The van der Waals surface area contributed by atoms with Crippen LogP contribution in [0.1, 0.15) is 29.5 Å². The number of thioether (sulfide) groups is 1. The first kappa shape index (κ1) is 26.6. The van der Waals surface area contributed by atoms with Crippen LogP contribution in [-0.4, -0.2) is 64.0 Å². The molecule has 0 saturated carbocycles. The van der Waals surface area contributed by atoms with E-state index in [0.29, 0.717) is 49.0 Å². The van der Waals surface area contributed by atoms with Gasteiger partial charge in [0.05, 0.1) is 12.6 Å². The van der Waals surface area contributed by atoms with Crippen molar-refractivity contribution in [2.75, 3.05) is 26.2 Å². The van der Waals surface area contributed by atoms with Crippen LogP contribution in [0.15, 0.2) is 64.7 Å². The molecule has 1 saturated heterocycles. The Morgan fingerprint density at radius 3 is 2.86 bits per heavy atom. The Balaban J connectivity index is 1.54. The van der Waals surface area contributed by atoms with Gasteiger partial charge < -0.3 is 14.9 Å². The van der Waals surface area contributed by atoms with Gasteiger partial charge in [-0.1, -0.05) is 42.7 Å². The number of aliphatic hydroxyl groups is 1. The van der Waals surface area contributed by atoms with E-state index in [1.807, 2.05) is 46.1 Å². The van der Waals surface area contributed by atoms with E-state index in [9.17, 15) is 14.7 Å². The fourth-order valence-electron chi connectivity index (χ4n) is 3.57. The second-order valence-electron chi connectivity index (χ2n) is 7.79. The molecule has 2 N–H and O–H groups in total. The third kappa shape index (κ3) is 8.92. The predicted molar refractivity (Wildman–Crippen MR) is 139 cm³/mol. The number of thiophene rings is 1. The summed E-state index contributed by atoms with van der Waals surface area (Å²) in [6.45, 7) is 5.15. The second kappa shape index (κ2) is 13.8. The van der Waals surface area contributed by atoms with Crippen LogP contribution in [0.25, 0.3) is 0 Å². The lowest BCUT2D eigenvalue weighted by molar-refractivity contribution is -0.0721. The standard InChI is InChI=1S/C26H28N2O5S2/c1-2-4-24(35-26(31)32)10-13-28-25(30)33-15-14-27(28)12-9-23(29)18-22-6-3-5-20(17-22)7-8-21-11-16-34-19-21/h2-6,11,16-17,19,23,29H,1,9-10,12-15,18H2,(H,31,32)/b24-4-. The van der Waals surface area contributed by atoms with Gasteiger partial charge in [0.15, 0.2) is 0 Å². The minimum absolute atomic E-state index is 0.273. The maximum atomic E-state index is 12.3. The highest BCUT2D eigenvalue weighted by molar-refractivity contribution is 8.16. The number of rotatable bonds is 10. The van der Waals surface area contributed by atoms with Gasteiger partial charge in [-0.15, -0.1) is 0 Å². The number of benzene rings is 1. The number of hydrogen-bond donors (Lipinski definition) is 2. The molecule has 9 heteroatoms. The summed E-state index contributed by atoms with van der Waals surface area (Å²) in [5, 5.41) is 26.0. The number of amides is 1. The number of carbonyl (C=O) groups is 2. The molecule has 2 heterocycles. The van der Waals surface area contributed by atoms with Gasteiger partial charge in [-0.05, 0) is 65.1 Å². The zero-order valence-corrected chi connectivity index (χ0v) is 20.9. The molecule has 35 heavy (non-hydrogen) atoms. The first-order valence-electron chi connectivity index (χ1n) is 11.2. The normalized spacial score (nSPS) is 15.2. The van der Waals surface area contributed by atoms with E-state index in [2.05, 4.69) is 18.4 Å². The largest absolute Gasteiger partial charge is 0.473 e. The topological polar surface area (TPSA) is 90.3 Å². The molecule has 2 aromatic rings. The molecule has 0 radical (unpaired) electrons. The third-order valence-corrected chi connectivity index (χ3v) is 6.67. The number of hydrazine groups is 1. The average Bonchev–Trinajstić information content (AvgIpc) is 3.34. The predicted octanol–water partition coefficient (Wildman–Crippen LogP) is 4.98. The number of ether oxygens (including phenoxy) is 1. The molecule has 1 aliphatic rings. The van der Waals surface area contributed by atoms with Gasteiger partial charge in [0, 0.05) is 29.6 Å². The van der Waals surface area contributed by atoms with Crippen molar-refractivity contribution in [2.45, 2.75) is 25.4 Å². The van der Waals surface area contributed by atoms with E-state index < -0.39 is 17.5 Å². The first-order chi connectivity index (χ1) is 16.9. The molecule has 1 aliphatic heterocycles. The zero-order valence-electron chi connectivity index (χ0n) is 19.3. The summed E-state index contributed by atoms with van der Waals surface area (Å²) < 4.78 is 5.17. The van der Waals surface area contributed by atoms with Crippen LogP contribution in [0.4, 0.5) is 9.59 Å². The minimum Gasteiger partial charge on any atom is -0.473 e. The van der Waals surface area contributed by atoms with Crippen molar-refractivity contribution < 1.29 is 24.5 Å². The number of cyclic esters (lactones) is 1. The highest BCUT2D eigenvalue weighted by Crippen LogP contribution is 2.22. The van der Waals surface area contributed by atoms with Crippen LogP contribution in [-0.2, 0) is 11.2 Å². The molecule has 0 aliphatic carbocycles. The highest BCUT2D eigenvalue weighted by Gasteiger charge is 2.28.